The molecule has 1 aliphatic rings. The van der Waals surface area contributed by atoms with Gasteiger partial charge in [-0.05, 0) is 35.9 Å². The minimum absolute atomic E-state index is 0.196. The van der Waals surface area contributed by atoms with Crippen LogP contribution in [0.5, 0.6) is 0 Å². The van der Waals surface area contributed by atoms with Crippen molar-refractivity contribution in [1.29, 1.82) is 5.26 Å². The molecule has 34 heavy (non-hydrogen) atoms. The van der Waals surface area contributed by atoms with Crippen molar-refractivity contribution in [1.82, 2.24) is 29.9 Å². The van der Waals surface area contributed by atoms with Gasteiger partial charge in [-0.2, -0.15) is 19.8 Å². The number of anilines is 1. The van der Waals surface area contributed by atoms with E-state index >= 15 is 4.39 Å². The summed E-state index contributed by atoms with van der Waals surface area (Å²) in [6.07, 6.45) is 6.51. The Labute approximate surface area is 194 Å². The molecule has 4 aromatic rings. The highest BCUT2D eigenvalue weighted by Gasteiger charge is 2.41. The largest absolute Gasteiger partial charge is 0.370 e. The van der Waals surface area contributed by atoms with Gasteiger partial charge in [0.15, 0.2) is 11.5 Å². The lowest BCUT2D eigenvalue weighted by atomic mass is 9.89. The number of piperidine rings is 1. The highest BCUT2D eigenvalue weighted by atomic mass is 19.1. The van der Waals surface area contributed by atoms with Crippen LogP contribution in [-0.4, -0.2) is 43.0 Å². The number of pyridine rings is 1. The fourth-order valence-electron chi connectivity index (χ4n) is 4.44. The number of benzene rings is 1. The van der Waals surface area contributed by atoms with Crippen LogP contribution in [0, 0.1) is 17.3 Å². The average Bonchev–Trinajstić information content (AvgIpc) is 3.32. The normalized spacial score (nSPS) is 15.2. The van der Waals surface area contributed by atoms with Gasteiger partial charge in [-0.15, -0.1) is 10.2 Å². The molecule has 0 bridgehead atoms. The monoisotopic (exact) mass is 458 g/mol. The lowest BCUT2D eigenvalue weighted by molar-refractivity contribution is 0.109. The Balaban J connectivity index is 1.58. The van der Waals surface area contributed by atoms with Gasteiger partial charge in [0.1, 0.15) is 12.4 Å². The molecule has 1 saturated heterocycles. The average molecular weight is 458 g/mol. The fraction of sp³-hybridized carbons (Fsp3) is 0.250. The van der Waals surface area contributed by atoms with Crippen LogP contribution in [0.25, 0.3) is 22.3 Å². The van der Waals surface area contributed by atoms with Crippen LogP contribution in [-0.2, 0) is 12.7 Å². The van der Waals surface area contributed by atoms with E-state index in [0.717, 1.165) is 11.1 Å². The number of hydrogen-bond donors (Lipinski definition) is 0. The fourth-order valence-corrected chi connectivity index (χ4v) is 4.44. The summed E-state index contributed by atoms with van der Waals surface area (Å²) in [5.41, 5.74) is 2.42. The molecule has 1 fully saturated rings. The van der Waals surface area contributed by atoms with Crippen LogP contribution in [0.4, 0.5) is 14.5 Å². The molecule has 10 heteroatoms. The summed E-state index contributed by atoms with van der Waals surface area (Å²) >= 11 is 0. The number of nitrogens with zero attached hydrogens (tertiary/aromatic N) is 8. The number of aromatic nitrogens is 6. The standard InChI is InChI=1S/C24H20F2N8/c1-33-15-31-32-23(33)24(26)5-8-34(9-6-24)22-19(12-27)10-18(16-4-7-29-30-14-16)11-20(22)17-2-3-21(25)28-13-17/h2-4,7,10-11,13-15H,5-6,8-9H2,1H3. The third-order valence-corrected chi connectivity index (χ3v) is 6.17. The smallest absolute Gasteiger partial charge is 0.212 e. The Morgan fingerprint density at radius 1 is 1.00 bits per heavy atom. The first kappa shape index (κ1) is 21.6. The molecule has 4 heterocycles. The molecule has 0 aliphatic carbocycles. The van der Waals surface area contributed by atoms with E-state index in [1.54, 1.807) is 42.2 Å². The summed E-state index contributed by atoms with van der Waals surface area (Å²) in [6.45, 7) is 0.742. The zero-order chi connectivity index (χ0) is 23.7. The first-order chi connectivity index (χ1) is 16.5. The first-order valence-corrected chi connectivity index (χ1v) is 10.7. The molecule has 0 atom stereocenters. The third-order valence-electron chi connectivity index (χ3n) is 6.17. The molecule has 5 rings (SSSR count). The molecule has 0 spiro atoms. The molecular weight excluding hydrogens is 438 g/mol. The Hall–Kier alpha value is -4.26. The Morgan fingerprint density at radius 3 is 2.44 bits per heavy atom. The van der Waals surface area contributed by atoms with Crippen molar-refractivity contribution in [2.45, 2.75) is 18.5 Å². The van der Waals surface area contributed by atoms with E-state index in [-0.39, 0.29) is 12.8 Å². The number of rotatable bonds is 4. The second kappa shape index (κ2) is 8.59. The summed E-state index contributed by atoms with van der Waals surface area (Å²) in [6, 6.07) is 10.7. The highest BCUT2D eigenvalue weighted by molar-refractivity contribution is 5.87. The molecule has 1 aliphatic heterocycles. The van der Waals surface area contributed by atoms with Gasteiger partial charge in [0.05, 0.1) is 23.6 Å². The molecule has 1 aromatic carbocycles. The summed E-state index contributed by atoms with van der Waals surface area (Å²) in [5, 5.41) is 25.6. The van der Waals surface area contributed by atoms with Crippen LogP contribution in [0.2, 0.25) is 0 Å². The molecular formula is C24H20F2N8. The topological polar surface area (TPSA) is 96.4 Å². The van der Waals surface area contributed by atoms with Crippen molar-refractivity contribution in [2.75, 3.05) is 18.0 Å². The quantitative estimate of drug-likeness (QED) is 0.429. The van der Waals surface area contributed by atoms with Gasteiger partial charge in [0.2, 0.25) is 5.95 Å². The van der Waals surface area contributed by atoms with E-state index in [2.05, 4.69) is 31.4 Å². The van der Waals surface area contributed by atoms with Gasteiger partial charge in [-0.3, -0.25) is 0 Å². The maximum absolute atomic E-state index is 15.7. The summed E-state index contributed by atoms with van der Waals surface area (Å²) in [5.74, 6) is -0.291. The van der Waals surface area contributed by atoms with E-state index in [0.29, 0.717) is 41.3 Å². The van der Waals surface area contributed by atoms with Crippen molar-refractivity contribution in [3.8, 4) is 28.3 Å². The minimum Gasteiger partial charge on any atom is -0.370 e. The lowest BCUT2D eigenvalue weighted by Gasteiger charge is -2.38. The van der Waals surface area contributed by atoms with Gasteiger partial charge >= 0.3 is 0 Å². The Bertz CT molecular complexity index is 1350. The zero-order valence-electron chi connectivity index (χ0n) is 18.4. The van der Waals surface area contributed by atoms with Gasteiger partial charge in [0, 0.05) is 55.9 Å². The predicted molar refractivity (Wildman–Crippen MR) is 121 cm³/mol. The van der Waals surface area contributed by atoms with E-state index in [1.165, 1.54) is 18.6 Å². The molecule has 0 radical (unpaired) electrons. The first-order valence-electron chi connectivity index (χ1n) is 10.7. The predicted octanol–water partition coefficient (Wildman–Crippen LogP) is 3.81. The summed E-state index contributed by atoms with van der Waals surface area (Å²) in [7, 11) is 1.73. The molecule has 0 amide bonds. The second-order valence-corrected chi connectivity index (χ2v) is 8.25. The van der Waals surface area contributed by atoms with E-state index in [1.807, 2.05) is 11.0 Å². The lowest BCUT2D eigenvalue weighted by Crippen LogP contribution is -2.42. The molecule has 170 valence electrons. The van der Waals surface area contributed by atoms with Crippen LogP contribution in [0.15, 0.2) is 55.2 Å². The number of aryl methyl sites for hydroxylation is 1. The van der Waals surface area contributed by atoms with Crippen molar-refractivity contribution < 1.29 is 8.78 Å². The third kappa shape index (κ3) is 3.85. The minimum atomic E-state index is -1.60. The van der Waals surface area contributed by atoms with Gasteiger partial charge < -0.3 is 9.47 Å². The van der Waals surface area contributed by atoms with Crippen molar-refractivity contribution >= 4 is 5.69 Å². The van der Waals surface area contributed by atoms with Crippen LogP contribution >= 0.6 is 0 Å². The Kier molecular flexibility index (Phi) is 5.45. The van der Waals surface area contributed by atoms with Crippen LogP contribution < -0.4 is 4.90 Å². The van der Waals surface area contributed by atoms with Crippen LogP contribution in [0.1, 0.15) is 24.2 Å². The Morgan fingerprint density at radius 2 is 1.82 bits per heavy atom. The summed E-state index contributed by atoms with van der Waals surface area (Å²) in [4.78, 5) is 5.80. The van der Waals surface area contributed by atoms with Crippen LogP contribution in [0.3, 0.4) is 0 Å². The summed E-state index contributed by atoms with van der Waals surface area (Å²) < 4.78 is 30.9. The molecule has 0 saturated carbocycles. The second-order valence-electron chi connectivity index (χ2n) is 8.25. The number of halogens is 2. The van der Waals surface area contributed by atoms with Gasteiger partial charge in [0.25, 0.3) is 0 Å². The maximum atomic E-state index is 15.7. The van der Waals surface area contributed by atoms with Crippen molar-refractivity contribution in [3.05, 3.63) is 72.6 Å². The molecule has 0 N–H and O–H groups in total. The van der Waals surface area contributed by atoms with Crippen molar-refractivity contribution in [3.63, 3.8) is 0 Å². The molecule has 0 unspecified atom stereocenters. The number of alkyl halides is 1. The number of nitriles is 1. The highest BCUT2D eigenvalue weighted by Crippen LogP contribution is 2.42. The van der Waals surface area contributed by atoms with Crippen molar-refractivity contribution in [2.24, 2.45) is 7.05 Å². The van der Waals surface area contributed by atoms with Gasteiger partial charge in [-0.25, -0.2) is 9.37 Å². The molecule has 8 nitrogen and oxygen atoms in total. The van der Waals surface area contributed by atoms with Gasteiger partial charge in [-0.1, -0.05) is 0 Å². The van der Waals surface area contributed by atoms with E-state index in [9.17, 15) is 9.65 Å². The zero-order valence-corrected chi connectivity index (χ0v) is 18.4. The molecule has 3 aromatic heterocycles. The van der Waals surface area contributed by atoms with E-state index < -0.39 is 11.6 Å². The van der Waals surface area contributed by atoms with E-state index in [4.69, 9.17) is 0 Å². The number of hydrogen-bond acceptors (Lipinski definition) is 7. The maximum Gasteiger partial charge on any atom is 0.212 e. The SMILES string of the molecule is Cn1cnnc1C1(F)CCN(c2c(C#N)cc(-c3ccnnc3)cc2-c2ccc(F)nc2)CC1.